The summed E-state index contributed by atoms with van der Waals surface area (Å²) in [6.45, 7) is 0. The van der Waals surface area contributed by atoms with Crippen LogP contribution in [0.1, 0.15) is 11.1 Å². The number of allylic oxidation sites excluding steroid dienone is 1. The average Bonchev–Trinajstić information content (AvgIpc) is 2.88. The van der Waals surface area contributed by atoms with Crippen LogP contribution >= 0.6 is 0 Å². The molecule has 0 saturated heterocycles. The molecule has 1 heterocycles. The minimum Gasteiger partial charge on any atom is -0.423 e. The smallest absolute Gasteiger partial charge is 0.339 e. The molecule has 0 amide bonds. The van der Waals surface area contributed by atoms with Crippen LogP contribution in [0.25, 0.3) is 6.08 Å². The summed E-state index contributed by atoms with van der Waals surface area (Å²) in [5, 5.41) is 10.8. The van der Waals surface area contributed by atoms with Crippen molar-refractivity contribution >= 4 is 17.7 Å². The molecule has 0 unspecified atom stereocenters. The number of ether oxygens (including phenoxy) is 1. The van der Waals surface area contributed by atoms with E-state index in [-0.39, 0.29) is 11.7 Å². The number of non-ortho nitro benzene ring substituents is 1. The Labute approximate surface area is 132 Å². The largest absolute Gasteiger partial charge is 0.423 e. The Balaban J connectivity index is 1.83. The monoisotopic (exact) mass is 307 g/mol. The predicted octanol–water partition coefficient (Wildman–Crippen LogP) is 3.66. The number of benzene rings is 2. The molecule has 2 aromatic rings. The van der Waals surface area contributed by atoms with Crippen molar-refractivity contribution in [3.63, 3.8) is 0 Å². The number of nitro benzene ring substituents is 1. The average molecular weight is 307 g/mol. The highest BCUT2D eigenvalue weighted by atomic mass is 16.6. The van der Waals surface area contributed by atoms with Crippen LogP contribution in [-0.4, -0.2) is 10.9 Å². The van der Waals surface area contributed by atoms with Crippen molar-refractivity contribution in [2.45, 2.75) is 6.42 Å². The summed E-state index contributed by atoms with van der Waals surface area (Å²) in [6.07, 6.45) is 3.78. The SMILES string of the molecule is O=C1O/C(=C\c2cccc([N+](=O)[O-])c2)C=C1Cc1ccccc1. The minimum atomic E-state index is -0.459. The van der Waals surface area contributed by atoms with E-state index in [2.05, 4.69) is 0 Å². The number of carbonyl (C=O) groups excluding carboxylic acids is 1. The van der Waals surface area contributed by atoms with Gasteiger partial charge in [0, 0.05) is 24.1 Å². The zero-order valence-corrected chi connectivity index (χ0v) is 12.1. The Hall–Kier alpha value is -3.21. The number of nitro groups is 1. The lowest BCUT2D eigenvalue weighted by Crippen LogP contribution is -2.01. The molecule has 0 fully saturated rings. The normalized spacial score (nSPS) is 15.4. The van der Waals surface area contributed by atoms with Crippen molar-refractivity contribution in [2.24, 2.45) is 0 Å². The first kappa shape index (κ1) is 14.7. The van der Waals surface area contributed by atoms with Crippen molar-refractivity contribution in [2.75, 3.05) is 0 Å². The van der Waals surface area contributed by atoms with Gasteiger partial charge in [0.25, 0.3) is 5.69 Å². The lowest BCUT2D eigenvalue weighted by molar-refractivity contribution is -0.384. The van der Waals surface area contributed by atoms with E-state index in [0.717, 1.165) is 5.56 Å². The topological polar surface area (TPSA) is 69.4 Å². The van der Waals surface area contributed by atoms with Crippen molar-refractivity contribution in [3.8, 4) is 0 Å². The van der Waals surface area contributed by atoms with E-state index in [1.807, 2.05) is 30.3 Å². The molecular weight excluding hydrogens is 294 g/mol. The molecule has 0 aliphatic carbocycles. The second-order valence-electron chi connectivity index (χ2n) is 5.12. The molecule has 3 rings (SSSR count). The first-order chi connectivity index (χ1) is 11.1. The van der Waals surface area contributed by atoms with Gasteiger partial charge in [-0.15, -0.1) is 0 Å². The molecule has 0 atom stereocenters. The van der Waals surface area contributed by atoms with Gasteiger partial charge in [-0.2, -0.15) is 0 Å². The number of carbonyl (C=O) groups is 1. The highest BCUT2D eigenvalue weighted by Gasteiger charge is 2.21. The van der Waals surface area contributed by atoms with Gasteiger partial charge in [-0.3, -0.25) is 10.1 Å². The van der Waals surface area contributed by atoms with E-state index >= 15 is 0 Å². The molecule has 1 aliphatic rings. The Morgan fingerprint density at radius 2 is 1.87 bits per heavy atom. The summed E-state index contributed by atoms with van der Waals surface area (Å²) >= 11 is 0. The van der Waals surface area contributed by atoms with E-state index in [0.29, 0.717) is 23.3 Å². The number of hydrogen-bond donors (Lipinski definition) is 0. The van der Waals surface area contributed by atoms with Gasteiger partial charge in [0.05, 0.1) is 4.92 Å². The summed E-state index contributed by atoms with van der Waals surface area (Å²) in [7, 11) is 0. The van der Waals surface area contributed by atoms with Crippen LogP contribution in [0.2, 0.25) is 0 Å². The van der Waals surface area contributed by atoms with E-state index in [1.165, 1.54) is 12.1 Å². The number of hydrogen-bond acceptors (Lipinski definition) is 4. The van der Waals surface area contributed by atoms with Gasteiger partial charge in [0.1, 0.15) is 5.76 Å². The van der Waals surface area contributed by atoms with Gasteiger partial charge in [-0.25, -0.2) is 4.79 Å². The maximum Gasteiger partial charge on any atom is 0.339 e. The molecule has 2 aromatic carbocycles. The Morgan fingerprint density at radius 3 is 2.61 bits per heavy atom. The summed E-state index contributed by atoms with van der Waals surface area (Å²) < 4.78 is 5.21. The van der Waals surface area contributed by atoms with Crippen LogP contribution in [0.5, 0.6) is 0 Å². The van der Waals surface area contributed by atoms with Gasteiger partial charge in [0.15, 0.2) is 0 Å². The molecule has 0 aromatic heterocycles. The van der Waals surface area contributed by atoms with E-state index < -0.39 is 4.92 Å². The maximum atomic E-state index is 11.9. The standard InChI is InChI=1S/C18H13NO4/c20-18-15(9-13-5-2-1-3-6-13)12-17(23-18)11-14-7-4-8-16(10-14)19(21)22/h1-8,10-12H,9H2/b17-11-. The molecule has 0 spiro atoms. The Morgan fingerprint density at radius 1 is 1.09 bits per heavy atom. The fourth-order valence-corrected chi connectivity index (χ4v) is 2.34. The van der Waals surface area contributed by atoms with Crippen molar-refractivity contribution in [3.05, 3.63) is 93.2 Å². The van der Waals surface area contributed by atoms with Crippen molar-refractivity contribution in [1.29, 1.82) is 0 Å². The zero-order chi connectivity index (χ0) is 16.2. The number of cyclic esters (lactones) is 1. The fraction of sp³-hybridized carbons (Fsp3) is 0.0556. The first-order valence-corrected chi connectivity index (χ1v) is 7.04. The van der Waals surface area contributed by atoms with Crippen LogP contribution in [0.4, 0.5) is 5.69 Å². The molecule has 0 bridgehead atoms. The van der Waals surface area contributed by atoms with E-state index in [1.54, 1.807) is 24.3 Å². The molecule has 1 aliphatic heterocycles. The summed E-state index contributed by atoms with van der Waals surface area (Å²) in [6, 6.07) is 15.8. The molecule has 5 heteroatoms. The second-order valence-corrected chi connectivity index (χ2v) is 5.12. The predicted molar refractivity (Wildman–Crippen MR) is 85.4 cm³/mol. The van der Waals surface area contributed by atoms with E-state index in [9.17, 15) is 14.9 Å². The quantitative estimate of drug-likeness (QED) is 0.491. The first-order valence-electron chi connectivity index (χ1n) is 7.04. The van der Waals surface area contributed by atoms with Crippen molar-refractivity contribution < 1.29 is 14.5 Å². The van der Waals surface area contributed by atoms with Crippen LogP contribution < -0.4 is 0 Å². The fourth-order valence-electron chi connectivity index (χ4n) is 2.34. The van der Waals surface area contributed by atoms with Gasteiger partial charge in [0.2, 0.25) is 0 Å². The minimum absolute atomic E-state index is 0.00263. The zero-order valence-electron chi connectivity index (χ0n) is 12.1. The van der Waals surface area contributed by atoms with Gasteiger partial charge in [-0.05, 0) is 23.3 Å². The maximum absolute atomic E-state index is 11.9. The van der Waals surface area contributed by atoms with Gasteiger partial charge < -0.3 is 4.74 Å². The highest BCUT2D eigenvalue weighted by Crippen LogP contribution is 2.24. The van der Waals surface area contributed by atoms with Crippen LogP contribution in [0.15, 0.2) is 72.0 Å². The Kier molecular flexibility index (Phi) is 4.01. The molecule has 114 valence electrons. The Bertz CT molecular complexity index is 822. The third kappa shape index (κ3) is 3.52. The van der Waals surface area contributed by atoms with Crippen LogP contribution in [0, 0.1) is 10.1 Å². The van der Waals surface area contributed by atoms with Crippen molar-refractivity contribution in [1.82, 2.24) is 0 Å². The number of nitrogens with zero attached hydrogens (tertiary/aromatic N) is 1. The number of rotatable bonds is 4. The molecule has 0 radical (unpaired) electrons. The lowest BCUT2D eigenvalue weighted by Gasteiger charge is -1.99. The molecule has 23 heavy (non-hydrogen) atoms. The van der Waals surface area contributed by atoms with Gasteiger partial charge >= 0.3 is 5.97 Å². The van der Waals surface area contributed by atoms with Gasteiger partial charge in [-0.1, -0.05) is 42.5 Å². The summed E-state index contributed by atoms with van der Waals surface area (Å²) in [5.41, 5.74) is 2.19. The summed E-state index contributed by atoms with van der Waals surface area (Å²) in [4.78, 5) is 22.2. The molecule has 0 saturated carbocycles. The number of esters is 1. The molecule has 5 nitrogen and oxygen atoms in total. The second kappa shape index (κ2) is 6.27. The van der Waals surface area contributed by atoms with Crippen LogP contribution in [0.3, 0.4) is 0 Å². The molecular formula is C18H13NO4. The van der Waals surface area contributed by atoms with E-state index in [4.69, 9.17) is 4.74 Å². The highest BCUT2D eigenvalue weighted by molar-refractivity contribution is 5.94. The molecule has 0 N–H and O–H groups in total. The third-order valence-electron chi connectivity index (χ3n) is 3.42. The third-order valence-corrected chi connectivity index (χ3v) is 3.42. The summed E-state index contributed by atoms with van der Waals surface area (Å²) in [5.74, 6) is 0.00645. The van der Waals surface area contributed by atoms with Crippen LogP contribution in [-0.2, 0) is 16.0 Å². The lowest BCUT2D eigenvalue weighted by atomic mass is 10.1.